The van der Waals surface area contributed by atoms with E-state index in [1.54, 1.807) is 6.08 Å². The van der Waals surface area contributed by atoms with E-state index < -0.39 is 0 Å². The summed E-state index contributed by atoms with van der Waals surface area (Å²) in [7, 11) is 0. The summed E-state index contributed by atoms with van der Waals surface area (Å²) in [6.45, 7) is 11.6. The van der Waals surface area contributed by atoms with Crippen molar-refractivity contribution in [2.45, 2.75) is 39.3 Å². The summed E-state index contributed by atoms with van der Waals surface area (Å²) in [6, 6.07) is 0.534. The number of ether oxygens (including phenoxy) is 1. The normalized spacial score (nSPS) is 13.3. The quantitative estimate of drug-likeness (QED) is 0.591. The van der Waals surface area contributed by atoms with Gasteiger partial charge in [0.2, 0.25) is 0 Å². The number of nitrogens with one attached hydrogen (secondary N) is 1. The van der Waals surface area contributed by atoms with Gasteiger partial charge in [-0.1, -0.05) is 26.8 Å². The van der Waals surface area contributed by atoms with Crippen LogP contribution in [0.25, 0.3) is 0 Å². The third-order valence-corrected chi connectivity index (χ3v) is 1.66. The zero-order valence-corrected chi connectivity index (χ0v) is 8.47. The van der Waals surface area contributed by atoms with E-state index in [-0.39, 0.29) is 0 Å². The molecule has 0 aliphatic rings. The average molecular weight is 171 g/mol. The Morgan fingerprint density at radius 3 is 2.58 bits per heavy atom. The summed E-state index contributed by atoms with van der Waals surface area (Å²) in [5.74, 6) is 0. The lowest BCUT2D eigenvalue weighted by atomic mass is 10.2. The van der Waals surface area contributed by atoms with Gasteiger partial charge < -0.3 is 10.1 Å². The molecule has 0 aromatic heterocycles. The third kappa shape index (κ3) is 6.38. The third-order valence-electron chi connectivity index (χ3n) is 1.66. The number of hydrogen-bond acceptors (Lipinski definition) is 2. The van der Waals surface area contributed by atoms with E-state index >= 15 is 0 Å². The van der Waals surface area contributed by atoms with Crippen molar-refractivity contribution < 1.29 is 4.74 Å². The van der Waals surface area contributed by atoms with Gasteiger partial charge in [-0.2, -0.15) is 0 Å². The van der Waals surface area contributed by atoms with Crippen LogP contribution in [-0.4, -0.2) is 25.3 Å². The molecule has 0 amide bonds. The van der Waals surface area contributed by atoms with Gasteiger partial charge in [0.1, 0.15) is 0 Å². The minimum atomic E-state index is 0.324. The van der Waals surface area contributed by atoms with Crippen molar-refractivity contribution in [3.8, 4) is 0 Å². The largest absolute Gasteiger partial charge is 0.373 e. The van der Waals surface area contributed by atoms with Crippen molar-refractivity contribution in [3.63, 3.8) is 0 Å². The molecule has 0 spiro atoms. The lowest BCUT2D eigenvalue weighted by molar-refractivity contribution is 0.0699. The topological polar surface area (TPSA) is 21.3 Å². The molecule has 12 heavy (non-hydrogen) atoms. The Kier molecular flexibility index (Phi) is 7.11. The predicted octanol–water partition coefficient (Wildman–Crippen LogP) is 1.97. The first-order valence-corrected chi connectivity index (χ1v) is 4.66. The Labute approximate surface area is 76.0 Å². The Hall–Kier alpha value is -0.340. The fraction of sp³-hybridized carbons (Fsp3) is 0.800. The first kappa shape index (κ1) is 11.7. The van der Waals surface area contributed by atoms with Crippen LogP contribution in [0, 0.1) is 0 Å². The Bertz CT molecular complexity index is 112. The molecule has 1 unspecified atom stereocenters. The molecule has 0 saturated heterocycles. The maximum Gasteiger partial charge on any atom is 0.0701 e. The highest BCUT2D eigenvalue weighted by Crippen LogP contribution is 1.96. The van der Waals surface area contributed by atoms with Crippen molar-refractivity contribution in [2.75, 3.05) is 13.2 Å². The monoisotopic (exact) mass is 171 g/mol. The zero-order valence-electron chi connectivity index (χ0n) is 8.47. The van der Waals surface area contributed by atoms with Gasteiger partial charge in [0.05, 0.1) is 12.7 Å². The SMILES string of the molecule is C=CCOC(CC)CNC(C)C. The maximum atomic E-state index is 5.51. The molecule has 0 heterocycles. The summed E-state index contributed by atoms with van der Waals surface area (Å²) >= 11 is 0. The van der Waals surface area contributed by atoms with Crippen LogP contribution in [0.1, 0.15) is 27.2 Å². The molecule has 0 bridgehead atoms. The first-order valence-electron chi connectivity index (χ1n) is 4.66. The van der Waals surface area contributed by atoms with Gasteiger partial charge in [-0.15, -0.1) is 6.58 Å². The molecule has 2 nitrogen and oxygen atoms in total. The Morgan fingerprint density at radius 1 is 1.50 bits per heavy atom. The smallest absolute Gasteiger partial charge is 0.0701 e. The molecule has 2 heteroatoms. The van der Waals surface area contributed by atoms with Crippen molar-refractivity contribution in [1.82, 2.24) is 5.32 Å². The van der Waals surface area contributed by atoms with Crippen molar-refractivity contribution in [1.29, 1.82) is 0 Å². The van der Waals surface area contributed by atoms with Gasteiger partial charge in [0.25, 0.3) is 0 Å². The fourth-order valence-electron chi connectivity index (χ4n) is 0.892. The highest BCUT2D eigenvalue weighted by molar-refractivity contribution is 4.68. The Morgan fingerprint density at radius 2 is 2.17 bits per heavy atom. The molecule has 0 fully saturated rings. The van der Waals surface area contributed by atoms with Crippen LogP contribution in [0.5, 0.6) is 0 Å². The van der Waals surface area contributed by atoms with Crippen molar-refractivity contribution >= 4 is 0 Å². The molecule has 1 atom stereocenters. The molecule has 0 aromatic rings. The second-order valence-electron chi connectivity index (χ2n) is 3.22. The minimum absolute atomic E-state index is 0.324. The molecular formula is C10H21NO. The molecule has 0 rings (SSSR count). The van der Waals surface area contributed by atoms with Crippen LogP contribution in [0.15, 0.2) is 12.7 Å². The second kappa shape index (κ2) is 7.32. The summed E-state index contributed by atoms with van der Waals surface area (Å²) in [4.78, 5) is 0. The van der Waals surface area contributed by atoms with E-state index in [9.17, 15) is 0 Å². The van der Waals surface area contributed by atoms with E-state index in [2.05, 4.69) is 32.7 Å². The maximum absolute atomic E-state index is 5.51. The molecule has 72 valence electrons. The summed E-state index contributed by atoms with van der Waals surface area (Å²) in [5.41, 5.74) is 0. The van der Waals surface area contributed by atoms with E-state index in [4.69, 9.17) is 4.74 Å². The van der Waals surface area contributed by atoms with Crippen LogP contribution in [-0.2, 0) is 4.74 Å². The molecule has 0 radical (unpaired) electrons. The molecule has 0 aliphatic carbocycles. The van der Waals surface area contributed by atoms with E-state index in [1.165, 1.54) is 0 Å². The molecule has 0 aliphatic heterocycles. The highest BCUT2D eigenvalue weighted by Gasteiger charge is 2.05. The van der Waals surface area contributed by atoms with Gasteiger partial charge in [-0.05, 0) is 6.42 Å². The van der Waals surface area contributed by atoms with Crippen LogP contribution >= 0.6 is 0 Å². The second-order valence-corrected chi connectivity index (χ2v) is 3.22. The summed E-state index contributed by atoms with van der Waals surface area (Å²) in [5, 5.41) is 3.35. The summed E-state index contributed by atoms with van der Waals surface area (Å²) < 4.78 is 5.51. The van der Waals surface area contributed by atoms with Crippen LogP contribution in [0.3, 0.4) is 0 Å². The van der Waals surface area contributed by atoms with E-state index in [1.807, 2.05) is 0 Å². The minimum Gasteiger partial charge on any atom is -0.373 e. The predicted molar refractivity (Wildman–Crippen MR) is 53.4 cm³/mol. The first-order chi connectivity index (χ1) is 5.70. The lowest BCUT2D eigenvalue weighted by Crippen LogP contribution is -2.33. The molecule has 1 N–H and O–H groups in total. The van der Waals surface area contributed by atoms with Crippen molar-refractivity contribution in [2.24, 2.45) is 0 Å². The van der Waals surface area contributed by atoms with E-state index in [0.29, 0.717) is 18.8 Å². The van der Waals surface area contributed by atoms with Gasteiger partial charge in [0, 0.05) is 12.6 Å². The van der Waals surface area contributed by atoms with Crippen LogP contribution in [0.4, 0.5) is 0 Å². The number of hydrogen-bond donors (Lipinski definition) is 1. The molecular weight excluding hydrogens is 150 g/mol. The van der Waals surface area contributed by atoms with Gasteiger partial charge in [-0.3, -0.25) is 0 Å². The van der Waals surface area contributed by atoms with Gasteiger partial charge in [-0.25, -0.2) is 0 Å². The van der Waals surface area contributed by atoms with Crippen LogP contribution < -0.4 is 5.32 Å². The van der Waals surface area contributed by atoms with Crippen LogP contribution in [0.2, 0.25) is 0 Å². The standard InChI is InChI=1S/C10H21NO/c1-5-7-12-10(6-2)8-11-9(3)4/h5,9-11H,1,6-8H2,2-4H3. The van der Waals surface area contributed by atoms with Gasteiger partial charge in [0.15, 0.2) is 0 Å². The summed E-state index contributed by atoms with van der Waals surface area (Å²) in [6.07, 6.45) is 3.16. The van der Waals surface area contributed by atoms with Crippen molar-refractivity contribution in [3.05, 3.63) is 12.7 Å². The fourth-order valence-corrected chi connectivity index (χ4v) is 0.892. The van der Waals surface area contributed by atoms with E-state index in [0.717, 1.165) is 13.0 Å². The highest BCUT2D eigenvalue weighted by atomic mass is 16.5. The number of rotatable bonds is 7. The van der Waals surface area contributed by atoms with Gasteiger partial charge >= 0.3 is 0 Å². The molecule has 0 saturated carbocycles. The Balaban J connectivity index is 3.45. The zero-order chi connectivity index (χ0) is 9.40. The average Bonchev–Trinajstić information content (AvgIpc) is 2.05. The molecule has 0 aromatic carbocycles. The lowest BCUT2D eigenvalue weighted by Gasteiger charge is -2.17.